The fourth-order valence-electron chi connectivity index (χ4n) is 2.40. The average molecular weight is 299 g/mol. The van der Waals surface area contributed by atoms with E-state index in [1.165, 1.54) is 18.5 Å². The molecule has 0 radical (unpaired) electrons. The van der Waals surface area contributed by atoms with Gasteiger partial charge in [-0.05, 0) is 31.4 Å². The van der Waals surface area contributed by atoms with Crippen molar-refractivity contribution in [1.29, 1.82) is 0 Å². The third-order valence-electron chi connectivity index (χ3n) is 3.67. The maximum atomic E-state index is 4.66. The van der Waals surface area contributed by atoms with Crippen molar-refractivity contribution in [3.05, 3.63) is 41.2 Å². The lowest BCUT2D eigenvalue weighted by atomic mass is 10.3. The first-order chi connectivity index (χ1) is 10.4. The Morgan fingerprint density at radius 2 is 2.05 bits per heavy atom. The first kappa shape index (κ1) is 12.8. The molecule has 6 heteroatoms. The van der Waals surface area contributed by atoms with E-state index in [-0.39, 0.29) is 0 Å². The zero-order valence-corrected chi connectivity index (χ0v) is 12.5. The molecule has 3 aromatic rings. The lowest BCUT2D eigenvalue weighted by Gasteiger charge is -2.04. The van der Waals surface area contributed by atoms with E-state index in [9.17, 15) is 0 Å². The van der Waals surface area contributed by atoms with Crippen LogP contribution in [-0.2, 0) is 6.42 Å². The highest BCUT2D eigenvalue weighted by Crippen LogP contribution is 2.39. The maximum Gasteiger partial charge on any atom is 0.234 e. The Bertz CT molecular complexity index is 729. The van der Waals surface area contributed by atoms with Gasteiger partial charge >= 0.3 is 0 Å². The summed E-state index contributed by atoms with van der Waals surface area (Å²) < 4.78 is 1.95. The molecule has 5 nitrogen and oxygen atoms in total. The van der Waals surface area contributed by atoms with Gasteiger partial charge in [-0.15, -0.1) is 10.2 Å². The number of hydrogen-bond donors (Lipinski definition) is 1. The molecule has 0 unspecified atom stereocenters. The molecule has 0 aliphatic heterocycles. The molecule has 0 saturated heterocycles. The molecule has 0 bridgehead atoms. The SMILES string of the molecule is c1ccc(NCCCc2nn3c(C4CC4)nnc3s2)cc1. The minimum atomic E-state index is 0.592. The number of aryl methyl sites for hydroxylation is 1. The molecule has 1 N–H and O–H groups in total. The lowest BCUT2D eigenvalue weighted by molar-refractivity contribution is 0.778. The standard InChI is InChI=1S/C15H17N5S/c1-2-5-12(6-3-1)16-10-4-7-13-19-20-14(11-8-9-11)17-18-15(20)21-13/h1-3,5-6,11,16H,4,7-10H2. The molecule has 108 valence electrons. The Kier molecular flexibility index (Phi) is 3.31. The molecule has 2 aromatic heterocycles. The number of rotatable bonds is 6. The smallest absolute Gasteiger partial charge is 0.234 e. The van der Waals surface area contributed by atoms with Crippen LogP contribution < -0.4 is 5.32 Å². The van der Waals surface area contributed by atoms with Gasteiger partial charge in [0.2, 0.25) is 4.96 Å². The van der Waals surface area contributed by atoms with Crippen LogP contribution in [0.4, 0.5) is 5.69 Å². The van der Waals surface area contributed by atoms with E-state index in [1.54, 1.807) is 11.3 Å². The molecule has 4 rings (SSSR count). The summed E-state index contributed by atoms with van der Waals surface area (Å²) in [5.74, 6) is 1.64. The van der Waals surface area contributed by atoms with Crippen molar-refractivity contribution in [1.82, 2.24) is 19.8 Å². The fourth-order valence-corrected chi connectivity index (χ4v) is 3.28. The number of nitrogens with zero attached hydrogens (tertiary/aromatic N) is 4. The summed E-state index contributed by atoms with van der Waals surface area (Å²) in [5.41, 5.74) is 1.17. The number of fused-ring (bicyclic) bond motifs is 1. The van der Waals surface area contributed by atoms with E-state index in [0.29, 0.717) is 5.92 Å². The van der Waals surface area contributed by atoms with Crippen LogP contribution in [0.2, 0.25) is 0 Å². The molecule has 0 atom stereocenters. The summed E-state index contributed by atoms with van der Waals surface area (Å²) in [7, 11) is 0. The summed E-state index contributed by atoms with van der Waals surface area (Å²) in [6.45, 7) is 0.958. The van der Waals surface area contributed by atoms with E-state index in [4.69, 9.17) is 0 Å². The van der Waals surface area contributed by atoms with Crippen LogP contribution in [-0.4, -0.2) is 26.4 Å². The van der Waals surface area contributed by atoms with Crippen LogP contribution in [0.3, 0.4) is 0 Å². The second-order valence-electron chi connectivity index (χ2n) is 5.42. The predicted molar refractivity (Wildman–Crippen MR) is 83.9 cm³/mol. The monoisotopic (exact) mass is 299 g/mol. The highest BCUT2D eigenvalue weighted by Gasteiger charge is 2.29. The quantitative estimate of drug-likeness (QED) is 0.711. The number of para-hydroxylation sites is 1. The normalized spacial score (nSPS) is 14.7. The third-order valence-corrected chi connectivity index (χ3v) is 4.63. The second-order valence-corrected chi connectivity index (χ2v) is 6.46. The van der Waals surface area contributed by atoms with Crippen molar-refractivity contribution in [2.45, 2.75) is 31.6 Å². The van der Waals surface area contributed by atoms with Crippen LogP contribution in [0.1, 0.15) is 36.0 Å². The van der Waals surface area contributed by atoms with E-state index in [2.05, 4.69) is 32.7 Å². The van der Waals surface area contributed by atoms with Gasteiger partial charge in [-0.3, -0.25) is 0 Å². The average Bonchev–Trinajstić information content (AvgIpc) is 3.15. The van der Waals surface area contributed by atoms with Gasteiger partial charge in [0.1, 0.15) is 5.01 Å². The maximum absolute atomic E-state index is 4.66. The summed E-state index contributed by atoms with van der Waals surface area (Å²) >= 11 is 1.66. The van der Waals surface area contributed by atoms with Crippen LogP contribution in [0.25, 0.3) is 4.96 Å². The molecular weight excluding hydrogens is 282 g/mol. The first-order valence-electron chi connectivity index (χ1n) is 7.40. The van der Waals surface area contributed by atoms with Gasteiger partial charge in [0.25, 0.3) is 0 Å². The predicted octanol–water partition coefficient (Wildman–Crippen LogP) is 3.11. The lowest BCUT2D eigenvalue weighted by Crippen LogP contribution is -2.03. The van der Waals surface area contributed by atoms with Crippen molar-refractivity contribution in [2.24, 2.45) is 0 Å². The molecule has 21 heavy (non-hydrogen) atoms. The summed E-state index contributed by atoms with van der Waals surface area (Å²) in [6.07, 6.45) is 4.51. The van der Waals surface area contributed by atoms with Crippen molar-refractivity contribution in [2.75, 3.05) is 11.9 Å². The molecule has 1 saturated carbocycles. The van der Waals surface area contributed by atoms with Gasteiger partial charge in [0.05, 0.1) is 0 Å². The number of nitrogens with one attached hydrogen (secondary N) is 1. The Balaban J connectivity index is 1.34. The minimum Gasteiger partial charge on any atom is -0.385 e. The summed E-state index contributed by atoms with van der Waals surface area (Å²) in [5, 5.41) is 17.7. The molecule has 1 aliphatic rings. The summed E-state index contributed by atoms with van der Waals surface area (Å²) in [4.78, 5) is 0.933. The molecule has 0 spiro atoms. The Labute approximate surface area is 127 Å². The topological polar surface area (TPSA) is 55.1 Å². The summed E-state index contributed by atoms with van der Waals surface area (Å²) in [6, 6.07) is 10.3. The van der Waals surface area contributed by atoms with Gasteiger partial charge in [0.15, 0.2) is 5.82 Å². The Morgan fingerprint density at radius 3 is 2.86 bits per heavy atom. The number of aromatic nitrogens is 4. The third kappa shape index (κ3) is 2.76. The second kappa shape index (κ2) is 5.44. The largest absolute Gasteiger partial charge is 0.385 e. The number of benzene rings is 1. The van der Waals surface area contributed by atoms with Crippen molar-refractivity contribution >= 4 is 22.0 Å². The molecule has 2 heterocycles. The van der Waals surface area contributed by atoms with Gasteiger partial charge in [0, 0.05) is 24.6 Å². The van der Waals surface area contributed by atoms with E-state index < -0.39 is 0 Å². The molecule has 1 aromatic carbocycles. The van der Waals surface area contributed by atoms with Crippen LogP contribution in [0, 0.1) is 0 Å². The van der Waals surface area contributed by atoms with Crippen LogP contribution in [0.5, 0.6) is 0 Å². The zero-order valence-electron chi connectivity index (χ0n) is 11.7. The van der Waals surface area contributed by atoms with Crippen LogP contribution in [0.15, 0.2) is 30.3 Å². The van der Waals surface area contributed by atoms with Gasteiger partial charge < -0.3 is 5.32 Å². The van der Waals surface area contributed by atoms with E-state index in [1.807, 2.05) is 22.7 Å². The first-order valence-corrected chi connectivity index (χ1v) is 8.22. The van der Waals surface area contributed by atoms with Crippen molar-refractivity contribution < 1.29 is 0 Å². The van der Waals surface area contributed by atoms with E-state index in [0.717, 1.165) is 35.2 Å². The fraction of sp³-hybridized carbons (Fsp3) is 0.400. The number of anilines is 1. The van der Waals surface area contributed by atoms with Gasteiger partial charge in [-0.25, -0.2) is 0 Å². The Morgan fingerprint density at radius 1 is 1.19 bits per heavy atom. The highest BCUT2D eigenvalue weighted by atomic mass is 32.1. The van der Waals surface area contributed by atoms with Crippen LogP contribution >= 0.6 is 11.3 Å². The van der Waals surface area contributed by atoms with Gasteiger partial charge in [-0.1, -0.05) is 29.5 Å². The van der Waals surface area contributed by atoms with Crippen molar-refractivity contribution in [3.63, 3.8) is 0 Å². The van der Waals surface area contributed by atoms with Gasteiger partial charge in [-0.2, -0.15) is 9.61 Å². The molecular formula is C15H17N5S. The Hall–Kier alpha value is -1.95. The minimum absolute atomic E-state index is 0.592. The zero-order chi connectivity index (χ0) is 14.1. The molecule has 1 fully saturated rings. The highest BCUT2D eigenvalue weighted by molar-refractivity contribution is 7.16. The molecule has 0 amide bonds. The van der Waals surface area contributed by atoms with E-state index >= 15 is 0 Å². The molecule has 1 aliphatic carbocycles. The van der Waals surface area contributed by atoms with Crippen molar-refractivity contribution in [3.8, 4) is 0 Å². The number of hydrogen-bond acceptors (Lipinski definition) is 5.